The molecule has 1 N–H and O–H groups in total. The average molecular weight is 239 g/mol. The topological polar surface area (TPSA) is 49.1 Å². The van der Waals surface area contributed by atoms with E-state index in [9.17, 15) is 13.2 Å². The van der Waals surface area contributed by atoms with Crippen LogP contribution in [0.5, 0.6) is 0 Å². The molecule has 0 saturated carbocycles. The zero-order chi connectivity index (χ0) is 12.6. The van der Waals surface area contributed by atoms with Gasteiger partial charge in [-0.05, 0) is 31.2 Å². The summed E-state index contributed by atoms with van der Waals surface area (Å²) >= 11 is 0. The van der Waals surface area contributed by atoms with E-state index in [0.717, 1.165) is 6.07 Å². The van der Waals surface area contributed by atoms with E-state index < -0.39 is 11.7 Å². The van der Waals surface area contributed by atoms with E-state index in [1.54, 1.807) is 0 Å². The van der Waals surface area contributed by atoms with Crippen LogP contribution in [0.3, 0.4) is 0 Å². The highest BCUT2D eigenvalue weighted by molar-refractivity contribution is 5.85. The molecule has 1 aromatic carbocycles. The SMILES string of the molecule is Cc1cc(C(F)(F)F)c2ccc(N=N)cc2n1. The first-order valence-electron chi connectivity index (χ1n) is 4.78. The monoisotopic (exact) mass is 239 g/mol. The highest BCUT2D eigenvalue weighted by atomic mass is 19.4. The fourth-order valence-electron chi connectivity index (χ4n) is 1.65. The lowest BCUT2D eigenvalue weighted by atomic mass is 10.1. The van der Waals surface area contributed by atoms with Gasteiger partial charge in [-0.2, -0.15) is 18.3 Å². The Hall–Kier alpha value is -1.98. The van der Waals surface area contributed by atoms with Gasteiger partial charge in [0.1, 0.15) is 0 Å². The second kappa shape index (κ2) is 3.80. The van der Waals surface area contributed by atoms with Crippen LogP contribution in [0.15, 0.2) is 29.4 Å². The standard InChI is InChI=1S/C11H8F3N3/c1-6-4-9(11(12,13)14)8-3-2-7(17-15)5-10(8)16-6/h2-5,15H,1H3. The Labute approximate surface area is 94.8 Å². The predicted molar refractivity (Wildman–Crippen MR) is 56.3 cm³/mol. The van der Waals surface area contributed by atoms with Gasteiger partial charge in [0.25, 0.3) is 0 Å². The summed E-state index contributed by atoms with van der Waals surface area (Å²) in [5.41, 5.74) is 6.88. The van der Waals surface area contributed by atoms with E-state index in [-0.39, 0.29) is 22.3 Å². The van der Waals surface area contributed by atoms with Gasteiger partial charge in [-0.3, -0.25) is 4.98 Å². The summed E-state index contributed by atoms with van der Waals surface area (Å²) in [6.45, 7) is 1.50. The minimum absolute atomic E-state index is 0.0236. The van der Waals surface area contributed by atoms with Crippen LogP contribution in [0.4, 0.5) is 18.9 Å². The molecule has 17 heavy (non-hydrogen) atoms. The summed E-state index contributed by atoms with van der Waals surface area (Å²) < 4.78 is 38.4. The highest BCUT2D eigenvalue weighted by Gasteiger charge is 2.33. The van der Waals surface area contributed by atoms with Crippen molar-refractivity contribution in [2.24, 2.45) is 5.11 Å². The lowest BCUT2D eigenvalue weighted by molar-refractivity contribution is -0.136. The molecule has 1 aromatic heterocycles. The fourth-order valence-corrected chi connectivity index (χ4v) is 1.65. The van der Waals surface area contributed by atoms with Gasteiger partial charge >= 0.3 is 6.18 Å². The minimum atomic E-state index is -4.41. The van der Waals surface area contributed by atoms with Crippen molar-refractivity contribution in [2.45, 2.75) is 13.1 Å². The first-order valence-corrected chi connectivity index (χ1v) is 4.78. The largest absolute Gasteiger partial charge is 0.417 e. The first-order chi connectivity index (χ1) is 7.91. The van der Waals surface area contributed by atoms with Crippen LogP contribution in [0.1, 0.15) is 11.3 Å². The van der Waals surface area contributed by atoms with Crippen molar-refractivity contribution in [1.29, 1.82) is 5.53 Å². The summed E-state index contributed by atoms with van der Waals surface area (Å²) in [6, 6.07) is 5.03. The number of pyridine rings is 1. The number of nitrogens with one attached hydrogen (secondary N) is 1. The van der Waals surface area contributed by atoms with Gasteiger partial charge in [0.2, 0.25) is 0 Å². The molecular formula is C11H8F3N3. The third-order valence-corrected chi connectivity index (χ3v) is 2.36. The van der Waals surface area contributed by atoms with Crippen molar-refractivity contribution in [1.82, 2.24) is 4.98 Å². The molecule has 2 aromatic rings. The molecule has 0 aliphatic carbocycles. The maximum Gasteiger partial charge on any atom is 0.417 e. The third kappa shape index (κ3) is 2.11. The van der Waals surface area contributed by atoms with E-state index in [0.29, 0.717) is 0 Å². The molecular weight excluding hydrogens is 231 g/mol. The molecule has 0 atom stereocenters. The van der Waals surface area contributed by atoms with Gasteiger partial charge in [0.15, 0.2) is 0 Å². The lowest BCUT2D eigenvalue weighted by Gasteiger charge is -2.11. The number of aromatic nitrogens is 1. The maximum atomic E-state index is 12.8. The molecule has 0 amide bonds. The van der Waals surface area contributed by atoms with Gasteiger partial charge in [-0.1, -0.05) is 0 Å². The summed E-state index contributed by atoms with van der Waals surface area (Å²) in [4.78, 5) is 4.02. The Kier molecular flexibility index (Phi) is 2.57. The van der Waals surface area contributed by atoms with E-state index in [1.165, 1.54) is 25.1 Å². The smallest absolute Gasteiger partial charge is 0.253 e. The molecule has 0 unspecified atom stereocenters. The van der Waals surface area contributed by atoms with Gasteiger partial charge in [-0.25, -0.2) is 5.53 Å². The van der Waals surface area contributed by atoms with Crippen molar-refractivity contribution in [3.05, 3.63) is 35.5 Å². The third-order valence-electron chi connectivity index (χ3n) is 2.36. The normalized spacial score (nSPS) is 11.8. The van der Waals surface area contributed by atoms with Crippen LogP contribution in [0, 0.1) is 12.5 Å². The molecule has 0 aliphatic heterocycles. The van der Waals surface area contributed by atoms with Crippen LogP contribution < -0.4 is 0 Å². The number of alkyl halides is 3. The van der Waals surface area contributed by atoms with Gasteiger partial charge in [0, 0.05) is 11.1 Å². The van der Waals surface area contributed by atoms with Crippen LogP contribution >= 0.6 is 0 Å². The number of halogens is 3. The number of fused-ring (bicyclic) bond motifs is 1. The van der Waals surface area contributed by atoms with E-state index in [4.69, 9.17) is 5.53 Å². The van der Waals surface area contributed by atoms with Crippen LogP contribution in [0.2, 0.25) is 0 Å². The van der Waals surface area contributed by atoms with Crippen molar-refractivity contribution in [2.75, 3.05) is 0 Å². The molecule has 88 valence electrons. The molecule has 2 rings (SSSR count). The van der Waals surface area contributed by atoms with Gasteiger partial charge in [0.05, 0.1) is 16.8 Å². The predicted octanol–water partition coefficient (Wildman–Crippen LogP) is 4.22. The van der Waals surface area contributed by atoms with Crippen molar-refractivity contribution >= 4 is 16.6 Å². The molecule has 0 saturated heterocycles. The zero-order valence-corrected chi connectivity index (χ0v) is 8.84. The second-order valence-electron chi connectivity index (χ2n) is 3.62. The molecule has 0 spiro atoms. The Balaban J connectivity index is 2.81. The van der Waals surface area contributed by atoms with E-state index in [2.05, 4.69) is 10.1 Å². The average Bonchev–Trinajstić information content (AvgIpc) is 2.25. The van der Waals surface area contributed by atoms with Gasteiger partial charge < -0.3 is 0 Å². The molecule has 0 radical (unpaired) electrons. The quantitative estimate of drug-likeness (QED) is 0.744. The zero-order valence-electron chi connectivity index (χ0n) is 8.84. The Morgan fingerprint density at radius 2 is 1.94 bits per heavy atom. The van der Waals surface area contributed by atoms with Crippen LogP contribution in [-0.4, -0.2) is 4.98 Å². The Morgan fingerprint density at radius 1 is 1.24 bits per heavy atom. The highest BCUT2D eigenvalue weighted by Crippen LogP contribution is 2.35. The first kappa shape index (κ1) is 11.5. The second-order valence-corrected chi connectivity index (χ2v) is 3.62. The summed E-state index contributed by atoms with van der Waals surface area (Å²) in [5, 5.41) is 3.19. The van der Waals surface area contributed by atoms with E-state index in [1.807, 2.05) is 0 Å². The molecule has 1 heterocycles. The molecule has 0 aliphatic rings. The van der Waals surface area contributed by atoms with Crippen LogP contribution in [0.25, 0.3) is 10.9 Å². The molecule has 0 bridgehead atoms. The number of nitrogens with zero attached hydrogens (tertiary/aromatic N) is 2. The Bertz CT molecular complexity index is 590. The van der Waals surface area contributed by atoms with Gasteiger partial charge in [-0.15, -0.1) is 0 Å². The molecule has 6 heteroatoms. The summed E-state index contributed by atoms with van der Waals surface area (Å²) in [7, 11) is 0. The number of hydrogen-bond donors (Lipinski definition) is 1. The number of aryl methyl sites for hydroxylation is 1. The number of rotatable bonds is 1. The Morgan fingerprint density at radius 3 is 2.53 bits per heavy atom. The minimum Gasteiger partial charge on any atom is -0.253 e. The fraction of sp³-hybridized carbons (Fsp3) is 0.182. The number of hydrogen-bond acceptors (Lipinski definition) is 3. The van der Waals surface area contributed by atoms with Crippen molar-refractivity contribution < 1.29 is 13.2 Å². The summed E-state index contributed by atoms with van der Waals surface area (Å²) in [5.74, 6) is 0. The number of benzene rings is 1. The van der Waals surface area contributed by atoms with Crippen LogP contribution in [-0.2, 0) is 6.18 Å². The summed E-state index contributed by atoms with van der Waals surface area (Å²) in [6.07, 6.45) is -4.41. The van der Waals surface area contributed by atoms with Crippen molar-refractivity contribution in [3.8, 4) is 0 Å². The molecule has 3 nitrogen and oxygen atoms in total. The van der Waals surface area contributed by atoms with E-state index >= 15 is 0 Å². The van der Waals surface area contributed by atoms with Crippen molar-refractivity contribution in [3.63, 3.8) is 0 Å². The lowest BCUT2D eigenvalue weighted by Crippen LogP contribution is -2.07. The maximum absolute atomic E-state index is 12.8. The molecule has 0 fully saturated rings.